The molecule has 4 rings (SSSR count). The predicted molar refractivity (Wildman–Crippen MR) is 103 cm³/mol. The molecule has 0 bridgehead atoms. The molecular formula is C18H16N4OS2. The fraction of sp³-hybridized carbons (Fsp3) is 0.167. The number of fused-ring (bicyclic) bond motifs is 1. The van der Waals surface area contributed by atoms with Crippen molar-refractivity contribution in [3.05, 3.63) is 51.8 Å². The number of thiazole rings is 1. The summed E-state index contributed by atoms with van der Waals surface area (Å²) in [6.07, 6.45) is 0.774. The SMILES string of the molecule is COc1ccccc1Cc1cc2c(N)nc(-c3nc(C)cs3)nc2s1. The number of thiophene rings is 1. The summed E-state index contributed by atoms with van der Waals surface area (Å²) in [6.45, 7) is 1.96. The Balaban J connectivity index is 1.74. The number of hydrogen-bond donors (Lipinski definition) is 1. The van der Waals surface area contributed by atoms with Crippen LogP contribution >= 0.6 is 22.7 Å². The van der Waals surface area contributed by atoms with E-state index in [1.54, 1.807) is 18.4 Å². The Labute approximate surface area is 153 Å². The third kappa shape index (κ3) is 3.08. The number of aryl methyl sites for hydroxylation is 1. The second-order valence-corrected chi connectivity index (χ2v) is 7.62. The number of ether oxygens (including phenoxy) is 1. The van der Waals surface area contributed by atoms with Gasteiger partial charge in [0.2, 0.25) is 0 Å². The summed E-state index contributed by atoms with van der Waals surface area (Å²) in [6, 6.07) is 10.1. The summed E-state index contributed by atoms with van der Waals surface area (Å²) in [4.78, 5) is 15.6. The molecule has 0 fully saturated rings. The summed E-state index contributed by atoms with van der Waals surface area (Å²) < 4.78 is 5.44. The summed E-state index contributed by atoms with van der Waals surface area (Å²) >= 11 is 3.16. The van der Waals surface area contributed by atoms with Gasteiger partial charge in [-0.2, -0.15) is 0 Å². The first-order chi connectivity index (χ1) is 12.1. The molecule has 0 saturated carbocycles. The van der Waals surface area contributed by atoms with E-state index < -0.39 is 0 Å². The first kappa shape index (κ1) is 16.0. The molecule has 25 heavy (non-hydrogen) atoms. The van der Waals surface area contributed by atoms with Gasteiger partial charge in [-0.25, -0.2) is 15.0 Å². The number of benzene rings is 1. The largest absolute Gasteiger partial charge is 0.496 e. The number of hydrogen-bond acceptors (Lipinski definition) is 7. The van der Waals surface area contributed by atoms with Crippen molar-refractivity contribution in [3.8, 4) is 16.6 Å². The van der Waals surface area contributed by atoms with E-state index in [9.17, 15) is 0 Å². The number of anilines is 1. The van der Waals surface area contributed by atoms with Crippen LogP contribution in [0.1, 0.15) is 16.1 Å². The smallest absolute Gasteiger partial charge is 0.192 e. The first-order valence-electron chi connectivity index (χ1n) is 7.74. The van der Waals surface area contributed by atoms with Crippen molar-refractivity contribution in [2.45, 2.75) is 13.3 Å². The average Bonchev–Trinajstić information content (AvgIpc) is 3.21. The molecule has 0 aliphatic carbocycles. The van der Waals surface area contributed by atoms with Gasteiger partial charge in [0.15, 0.2) is 10.8 Å². The van der Waals surface area contributed by atoms with Gasteiger partial charge in [0, 0.05) is 22.4 Å². The lowest BCUT2D eigenvalue weighted by Gasteiger charge is -2.06. The number of methoxy groups -OCH3 is 1. The highest BCUT2D eigenvalue weighted by Gasteiger charge is 2.14. The lowest BCUT2D eigenvalue weighted by molar-refractivity contribution is 0.410. The van der Waals surface area contributed by atoms with E-state index >= 15 is 0 Å². The molecule has 0 unspecified atom stereocenters. The third-order valence-electron chi connectivity index (χ3n) is 3.84. The van der Waals surface area contributed by atoms with E-state index in [1.807, 2.05) is 30.5 Å². The maximum absolute atomic E-state index is 6.17. The molecule has 0 saturated heterocycles. The lowest BCUT2D eigenvalue weighted by Crippen LogP contribution is -1.95. The number of nitrogens with two attached hydrogens (primary N) is 1. The lowest BCUT2D eigenvalue weighted by atomic mass is 10.1. The Morgan fingerprint density at radius 2 is 2.00 bits per heavy atom. The number of aromatic nitrogens is 3. The van der Waals surface area contributed by atoms with E-state index in [0.29, 0.717) is 11.6 Å². The normalized spacial score (nSPS) is 11.1. The minimum Gasteiger partial charge on any atom is -0.496 e. The minimum atomic E-state index is 0.496. The Morgan fingerprint density at radius 1 is 1.16 bits per heavy atom. The van der Waals surface area contributed by atoms with Crippen molar-refractivity contribution in [3.63, 3.8) is 0 Å². The monoisotopic (exact) mass is 368 g/mol. The molecule has 0 spiro atoms. The van der Waals surface area contributed by atoms with E-state index in [0.717, 1.165) is 38.7 Å². The van der Waals surface area contributed by atoms with Crippen molar-refractivity contribution in [2.75, 3.05) is 12.8 Å². The van der Waals surface area contributed by atoms with Crippen LogP contribution in [-0.2, 0) is 6.42 Å². The summed E-state index contributed by atoms with van der Waals surface area (Å²) in [5.41, 5.74) is 8.27. The quantitative estimate of drug-likeness (QED) is 0.581. The molecule has 7 heteroatoms. The molecule has 5 nitrogen and oxygen atoms in total. The number of nitrogens with zero attached hydrogens (tertiary/aromatic N) is 3. The summed E-state index contributed by atoms with van der Waals surface area (Å²) in [7, 11) is 1.69. The highest BCUT2D eigenvalue weighted by atomic mass is 32.1. The zero-order valence-electron chi connectivity index (χ0n) is 13.8. The van der Waals surface area contributed by atoms with Crippen LogP contribution < -0.4 is 10.5 Å². The molecule has 0 atom stereocenters. The van der Waals surface area contributed by atoms with Crippen LogP contribution in [0.5, 0.6) is 5.75 Å². The zero-order valence-corrected chi connectivity index (χ0v) is 15.4. The Bertz CT molecular complexity index is 1050. The van der Waals surface area contributed by atoms with Gasteiger partial charge >= 0.3 is 0 Å². The van der Waals surface area contributed by atoms with Crippen LogP contribution in [0.3, 0.4) is 0 Å². The zero-order chi connectivity index (χ0) is 17.4. The van der Waals surface area contributed by atoms with Gasteiger partial charge < -0.3 is 10.5 Å². The van der Waals surface area contributed by atoms with Crippen molar-refractivity contribution < 1.29 is 4.74 Å². The van der Waals surface area contributed by atoms with Crippen molar-refractivity contribution in [1.29, 1.82) is 0 Å². The number of para-hydroxylation sites is 1. The number of rotatable bonds is 4. The van der Waals surface area contributed by atoms with Crippen LogP contribution in [0, 0.1) is 6.92 Å². The van der Waals surface area contributed by atoms with Gasteiger partial charge in [-0.3, -0.25) is 0 Å². The topological polar surface area (TPSA) is 73.9 Å². The van der Waals surface area contributed by atoms with E-state index in [1.165, 1.54) is 16.2 Å². The van der Waals surface area contributed by atoms with Gasteiger partial charge in [-0.1, -0.05) is 18.2 Å². The average molecular weight is 368 g/mol. The molecule has 1 aromatic carbocycles. The van der Waals surface area contributed by atoms with E-state index in [-0.39, 0.29) is 0 Å². The highest BCUT2D eigenvalue weighted by Crippen LogP contribution is 2.33. The molecule has 3 heterocycles. The van der Waals surface area contributed by atoms with Crippen LogP contribution in [0.2, 0.25) is 0 Å². The molecule has 0 radical (unpaired) electrons. The van der Waals surface area contributed by atoms with Crippen LogP contribution in [0.15, 0.2) is 35.7 Å². The second-order valence-electron chi connectivity index (χ2n) is 5.65. The molecule has 4 aromatic rings. The van der Waals surface area contributed by atoms with E-state index in [4.69, 9.17) is 10.5 Å². The summed E-state index contributed by atoms with van der Waals surface area (Å²) in [5.74, 6) is 1.97. The fourth-order valence-electron chi connectivity index (χ4n) is 2.67. The molecule has 126 valence electrons. The maximum atomic E-state index is 6.17. The van der Waals surface area contributed by atoms with Gasteiger partial charge in [0.1, 0.15) is 16.4 Å². The molecule has 0 aliphatic heterocycles. The maximum Gasteiger partial charge on any atom is 0.192 e. The van der Waals surface area contributed by atoms with Crippen LogP contribution in [-0.4, -0.2) is 22.1 Å². The molecule has 0 amide bonds. The summed E-state index contributed by atoms with van der Waals surface area (Å²) in [5, 5.41) is 3.68. The van der Waals surface area contributed by atoms with Gasteiger partial charge in [-0.15, -0.1) is 22.7 Å². The third-order valence-corrected chi connectivity index (χ3v) is 5.83. The van der Waals surface area contributed by atoms with Gasteiger partial charge in [0.05, 0.1) is 12.5 Å². The Kier molecular flexibility index (Phi) is 4.10. The van der Waals surface area contributed by atoms with Crippen LogP contribution in [0.25, 0.3) is 21.0 Å². The van der Waals surface area contributed by atoms with Crippen molar-refractivity contribution >= 4 is 38.7 Å². The Morgan fingerprint density at radius 3 is 2.76 bits per heavy atom. The van der Waals surface area contributed by atoms with Gasteiger partial charge in [-0.05, 0) is 24.6 Å². The molecule has 0 aliphatic rings. The number of nitrogen functional groups attached to an aromatic ring is 1. The van der Waals surface area contributed by atoms with Crippen LogP contribution in [0.4, 0.5) is 5.82 Å². The Hall–Kier alpha value is -2.51. The molecule has 3 aromatic heterocycles. The second kappa shape index (κ2) is 6.42. The standard InChI is InChI=1S/C18H16N4OS2/c1-10-9-24-18(20-10)16-21-15(19)13-8-12(25-17(13)22-16)7-11-5-3-4-6-14(11)23-2/h3-6,8-9H,7H2,1-2H3,(H2,19,21,22). The fourth-order valence-corrected chi connectivity index (χ4v) is 4.46. The predicted octanol–water partition coefficient (Wildman–Crippen LogP) is 4.30. The highest BCUT2D eigenvalue weighted by molar-refractivity contribution is 7.18. The molecular weight excluding hydrogens is 352 g/mol. The minimum absolute atomic E-state index is 0.496. The van der Waals surface area contributed by atoms with E-state index in [2.05, 4.69) is 27.1 Å². The first-order valence-corrected chi connectivity index (χ1v) is 9.44. The van der Waals surface area contributed by atoms with Gasteiger partial charge in [0.25, 0.3) is 0 Å². The van der Waals surface area contributed by atoms with Crippen molar-refractivity contribution in [2.24, 2.45) is 0 Å². The van der Waals surface area contributed by atoms with Crippen molar-refractivity contribution in [1.82, 2.24) is 15.0 Å². The molecule has 2 N–H and O–H groups in total.